The lowest BCUT2D eigenvalue weighted by Crippen LogP contribution is -2.22. The molecule has 7 heteroatoms. The van der Waals surface area contributed by atoms with Crippen LogP contribution in [0.3, 0.4) is 0 Å². The van der Waals surface area contributed by atoms with Crippen molar-refractivity contribution in [3.8, 4) is 0 Å². The van der Waals surface area contributed by atoms with Crippen molar-refractivity contribution in [1.82, 2.24) is 4.98 Å². The zero-order chi connectivity index (χ0) is 10.6. The molecule has 1 atom stereocenters. The van der Waals surface area contributed by atoms with Gasteiger partial charge in [-0.15, -0.1) is 0 Å². The number of rotatable bonds is 5. The van der Waals surface area contributed by atoms with Gasteiger partial charge in [0.05, 0.1) is 17.6 Å². The van der Waals surface area contributed by atoms with Crippen molar-refractivity contribution in [1.29, 1.82) is 0 Å². The molecule has 0 saturated carbocycles. The maximum absolute atomic E-state index is 10.3. The monoisotopic (exact) mass is 217 g/mol. The second-order valence-corrected chi connectivity index (χ2v) is 3.70. The van der Waals surface area contributed by atoms with Gasteiger partial charge in [-0.3, -0.25) is 10.1 Å². The van der Waals surface area contributed by atoms with Gasteiger partial charge in [-0.05, 0) is 17.8 Å². The highest BCUT2D eigenvalue weighted by atomic mass is 32.1. The van der Waals surface area contributed by atoms with Crippen molar-refractivity contribution < 1.29 is 10.0 Å². The molecule has 1 aromatic heterocycles. The third-order valence-corrected chi connectivity index (χ3v) is 2.59. The van der Waals surface area contributed by atoms with Crippen molar-refractivity contribution in [3.63, 3.8) is 0 Å². The van der Waals surface area contributed by atoms with Gasteiger partial charge in [-0.25, -0.2) is 4.98 Å². The molecule has 1 unspecified atom stereocenters. The Balaban J connectivity index is 2.63. The number of aliphatic hydroxyl groups excluding tert-OH is 1. The minimum absolute atomic E-state index is 0.000271. The van der Waals surface area contributed by atoms with Crippen molar-refractivity contribution in [3.05, 3.63) is 16.3 Å². The summed E-state index contributed by atoms with van der Waals surface area (Å²) in [6.45, 7) is 1.90. The SMILES string of the molecule is CCC(CO)Nc1ncc([N+](=O)[O-])s1. The molecule has 6 nitrogen and oxygen atoms in total. The van der Waals surface area contributed by atoms with E-state index in [1.165, 1.54) is 6.20 Å². The van der Waals surface area contributed by atoms with Crippen LogP contribution in [0.15, 0.2) is 6.20 Å². The lowest BCUT2D eigenvalue weighted by atomic mass is 10.2. The Morgan fingerprint density at radius 3 is 3.00 bits per heavy atom. The van der Waals surface area contributed by atoms with Gasteiger partial charge in [0.25, 0.3) is 0 Å². The van der Waals surface area contributed by atoms with E-state index >= 15 is 0 Å². The number of hydrogen-bond acceptors (Lipinski definition) is 6. The number of hydrogen-bond donors (Lipinski definition) is 2. The number of nitrogens with zero attached hydrogens (tertiary/aromatic N) is 2. The Labute approximate surface area is 84.7 Å². The zero-order valence-corrected chi connectivity index (χ0v) is 8.45. The summed E-state index contributed by atoms with van der Waals surface area (Å²) in [6.07, 6.45) is 1.95. The molecule has 0 aromatic carbocycles. The van der Waals surface area contributed by atoms with Crippen LogP contribution in [0.2, 0.25) is 0 Å². The van der Waals surface area contributed by atoms with Crippen molar-refractivity contribution in [2.24, 2.45) is 0 Å². The van der Waals surface area contributed by atoms with E-state index in [1.807, 2.05) is 6.92 Å². The van der Waals surface area contributed by atoms with E-state index < -0.39 is 4.92 Å². The van der Waals surface area contributed by atoms with Crippen LogP contribution in [0.5, 0.6) is 0 Å². The van der Waals surface area contributed by atoms with E-state index in [9.17, 15) is 10.1 Å². The van der Waals surface area contributed by atoms with E-state index in [4.69, 9.17) is 5.11 Å². The Hall–Kier alpha value is -1.21. The Morgan fingerprint density at radius 2 is 2.57 bits per heavy atom. The first kappa shape index (κ1) is 10.9. The molecule has 1 aromatic rings. The summed E-state index contributed by atoms with van der Waals surface area (Å²) in [7, 11) is 0. The maximum atomic E-state index is 10.3. The van der Waals surface area contributed by atoms with E-state index in [2.05, 4.69) is 10.3 Å². The van der Waals surface area contributed by atoms with Crippen LogP contribution in [0, 0.1) is 10.1 Å². The largest absolute Gasteiger partial charge is 0.394 e. The van der Waals surface area contributed by atoms with E-state index in [1.54, 1.807) is 0 Å². The molecule has 0 bridgehead atoms. The van der Waals surface area contributed by atoms with E-state index in [-0.39, 0.29) is 17.6 Å². The molecule has 0 spiro atoms. The first-order valence-corrected chi connectivity index (χ1v) is 4.96. The Bertz CT molecular complexity index is 311. The first-order valence-electron chi connectivity index (χ1n) is 4.15. The van der Waals surface area contributed by atoms with Crippen molar-refractivity contribution in [2.45, 2.75) is 19.4 Å². The van der Waals surface area contributed by atoms with Crippen LogP contribution in [0.25, 0.3) is 0 Å². The molecule has 0 aliphatic heterocycles. The van der Waals surface area contributed by atoms with Gasteiger partial charge in [-0.2, -0.15) is 0 Å². The van der Waals surface area contributed by atoms with Crippen molar-refractivity contribution >= 4 is 21.5 Å². The topological polar surface area (TPSA) is 88.3 Å². The van der Waals surface area contributed by atoms with Gasteiger partial charge in [0.15, 0.2) is 5.13 Å². The van der Waals surface area contributed by atoms with Gasteiger partial charge in [0.2, 0.25) is 0 Å². The van der Waals surface area contributed by atoms with Gasteiger partial charge < -0.3 is 10.4 Å². The molecule has 0 aliphatic rings. The third kappa shape index (κ3) is 2.64. The lowest BCUT2D eigenvalue weighted by molar-refractivity contribution is -0.380. The standard InChI is InChI=1S/C7H11N3O3S/c1-2-5(4-11)9-7-8-3-6(14-7)10(12)13/h3,5,11H,2,4H2,1H3,(H,8,9). The minimum Gasteiger partial charge on any atom is -0.394 e. The fraction of sp³-hybridized carbons (Fsp3) is 0.571. The van der Waals surface area contributed by atoms with Gasteiger partial charge in [0.1, 0.15) is 6.20 Å². The second-order valence-electron chi connectivity index (χ2n) is 2.69. The summed E-state index contributed by atoms with van der Waals surface area (Å²) < 4.78 is 0. The molecule has 1 heterocycles. The second kappa shape index (κ2) is 4.87. The molecule has 0 amide bonds. The Kier molecular flexibility index (Phi) is 3.78. The molecular weight excluding hydrogens is 206 g/mol. The average molecular weight is 217 g/mol. The summed E-state index contributed by atoms with van der Waals surface area (Å²) >= 11 is 0.968. The number of nitro groups is 1. The molecule has 2 N–H and O–H groups in total. The summed E-state index contributed by atoms with van der Waals surface area (Å²) in [5.74, 6) is 0. The highest BCUT2D eigenvalue weighted by molar-refractivity contribution is 7.18. The molecule has 1 rings (SSSR count). The van der Waals surface area contributed by atoms with Crippen LogP contribution in [-0.4, -0.2) is 27.7 Å². The number of aromatic nitrogens is 1. The maximum Gasteiger partial charge on any atom is 0.345 e. The highest BCUT2D eigenvalue weighted by Gasteiger charge is 2.13. The van der Waals surface area contributed by atoms with Crippen LogP contribution in [0.1, 0.15) is 13.3 Å². The molecule has 14 heavy (non-hydrogen) atoms. The molecule has 0 fully saturated rings. The third-order valence-electron chi connectivity index (χ3n) is 1.71. The van der Waals surface area contributed by atoms with Crippen molar-refractivity contribution in [2.75, 3.05) is 11.9 Å². The van der Waals surface area contributed by atoms with Crippen LogP contribution in [-0.2, 0) is 0 Å². The van der Waals surface area contributed by atoms with E-state index in [0.29, 0.717) is 5.13 Å². The molecule has 0 aliphatic carbocycles. The lowest BCUT2D eigenvalue weighted by Gasteiger charge is -2.11. The number of nitrogens with one attached hydrogen (secondary N) is 1. The average Bonchev–Trinajstić information content (AvgIpc) is 2.62. The summed E-state index contributed by atoms with van der Waals surface area (Å²) in [6, 6.07) is -0.0965. The zero-order valence-electron chi connectivity index (χ0n) is 7.64. The van der Waals surface area contributed by atoms with Gasteiger partial charge in [-0.1, -0.05) is 6.92 Å². The quantitative estimate of drug-likeness (QED) is 0.572. The van der Waals surface area contributed by atoms with Gasteiger partial charge in [0, 0.05) is 0 Å². The molecule has 0 saturated heterocycles. The smallest absolute Gasteiger partial charge is 0.345 e. The van der Waals surface area contributed by atoms with Crippen LogP contribution in [0.4, 0.5) is 10.1 Å². The predicted octanol–water partition coefficient (Wildman–Crippen LogP) is 1.23. The van der Waals surface area contributed by atoms with Crippen LogP contribution >= 0.6 is 11.3 Å². The minimum atomic E-state index is -0.483. The molecule has 0 radical (unpaired) electrons. The first-order chi connectivity index (χ1) is 6.67. The normalized spacial score (nSPS) is 12.4. The fourth-order valence-electron chi connectivity index (χ4n) is 0.868. The molecular formula is C7H11N3O3S. The van der Waals surface area contributed by atoms with Gasteiger partial charge >= 0.3 is 5.00 Å². The summed E-state index contributed by atoms with van der Waals surface area (Å²) in [5, 5.41) is 22.6. The Morgan fingerprint density at radius 1 is 1.86 bits per heavy atom. The summed E-state index contributed by atoms with van der Waals surface area (Å²) in [4.78, 5) is 13.7. The number of thiazole rings is 1. The molecule has 78 valence electrons. The number of anilines is 1. The van der Waals surface area contributed by atoms with Crippen LogP contribution < -0.4 is 5.32 Å². The van der Waals surface area contributed by atoms with E-state index in [0.717, 1.165) is 17.8 Å². The predicted molar refractivity (Wildman–Crippen MR) is 53.6 cm³/mol. The fourth-order valence-corrected chi connectivity index (χ4v) is 1.58. The number of aliphatic hydroxyl groups is 1. The highest BCUT2D eigenvalue weighted by Crippen LogP contribution is 2.25. The summed E-state index contributed by atoms with van der Waals surface area (Å²) in [5.41, 5.74) is 0.